The summed E-state index contributed by atoms with van der Waals surface area (Å²) in [6, 6.07) is 27.4. The van der Waals surface area contributed by atoms with Crippen LogP contribution in [0, 0.1) is 19.7 Å². The van der Waals surface area contributed by atoms with Crippen LogP contribution in [0.3, 0.4) is 0 Å². The summed E-state index contributed by atoms with van der Waals surface area (Å²) in [5.74, 6) is -1.85. The summed E-state index contributed by atoms with van der Waals surface area (Å²) in [7, 11) is -2.88. The van der Waals surface area contributed by atoms with Gasteiger partial charge in [-0.15, -0.1) is 0 Å². The third kappa shape index (κ3) is 7.22. The zero-order valence-electron chi connectivity index (χ0n) is 23.8. The van der Waals surface area contributed by atoms with Crippen LogP contribution in [0.1, 0.15) is 22.3 Å². The number of likely N-dealkylation sites (N-methyl/N-ethyl adjacent to an activating group) is 1. The molecule has 0 aliphatic carbocycles. The van der Waals surface area contributed by atoms with Crippen LogP contribution in [-0.2, 0) is 32.6 Å². The number of carbonyl (C=O) groups excluding carboxylic acids is 2. The molecule has 218 valence electrons. The van der Waals surface area contributed by atoms with Gasteiger partial charge in [-0.25, -0.2) is 12.8 Å². The van der Waals surface area contributed by atoms with E-state index in [1.54, 1.807) is 12.1 Å². The molecular weight excluding hydrogens is 553 g/mol. The number of carbonyl (C=O) groups is 2. The molecule has 0 radical (unpaired) electrons. The minimum atomic E-state index is -4.37. The van der Waals surface area contributed by atoms with Crippen molar-refractivity contribution in [1.29, 1.82) is 0 Å². The Balaban J connectivity index is 1.79. The second-order valence-electron chi connectivity index (χ2n) is 10.1. The molecule has 7 nitrogen and oxygen atoms in total. The summed E-state index contributed by atoms with van der Waals surface area (Å²) in [6.45, 7) is 3.09. The van der Waals surface area contributed by atoms with Gasteiger partial charge in [0.15, 0.2) is 0 Å². The molecule has 0 fully saturated rings. The second-order valence-corrected chi connectivity index (χ2v) is 12.0. The fourth-order valence-corrected chi connectivity index (χ4v) is 6.04. The summed E-state index contributed by atoms with van der Waals surface area (Å²) in [6.07, 6.45) is 0.197. The lowest BCUT2D eigenvalue weighted by molar-refractivity contribution is -0.139. The predicted octanol–water partition coefficient (Wildman–Crippen LogP) is 5.02. The second kappa shape index (κ2) is 13.4. The maximum atomic E-state index is 15.1. The van der Waals surface area contributed by atoms with E-state index in [0.717, 1.165) is 32.6 Å². The molecule has 0 aromatic heterocycles. The van der Waals surface area contributed by atoms with Crippen LogP contribution in [0.15, 0.2) is 108 Å². The number of sulfonamides is 1. The average molecular weight is 588 g/mol. The molecule has 0 heterocycles. The van der Waals surface area contributed by atoms with Crippen molar-refractivity contribution in [2.75, 3.05) is 17.9 Å². The molecule has 1 atom stereocenters. The van der Waals surface area contributed by atoms with Gasteiger partial charge >= 0.3 is 0 Å². The molecule has 0 aliphatic heterocycles. The molecule has 4 aromatic rings. The maximum Gasteiger partial charge on any atom is 0.264 e. The third-order valence-electron chi connectivity index (χ3n) is 7.00. The van der Waals surface area contributed by atoms with Crippen LogP contribution in [0.4, 0.5) is 10.1 Å². The molecule has 2 amide bonds. The van der Waals surface area contributed by atoms with Crippen LogP contribution >= 0.6 is 0 Å². The number of halogens is 1. The summed E-state index contributed by atoms with van der Waals surface area (Å²) < 4.78 is 43.7. The Morgan fingerprint density at radius 2 is 1.36 bits per heavy atom. The van der Waals surface area contributed by atoms with Crippen molar-refractivity contribution in [3.8, 4) is 0 Å². The van der Waals surface area contributed by atoms with E-state index in [1.807, 2.05) is 68.4 Å². The van der Waals surface area contributed by atoms with E-state index < -0.39 is 40.2 Å². The number of para-hydroxylation sites is 1. The van der Waals surface area contributed by atoms with Crippen molar-refractivity contribution in [3.63, 3.8) is 0 Å². The number of hydrogen-bond acceptors (Lipinski definition) is 4. The van der Waals surface area contributed by atoms with Crippen LogP contribution in [0.5, 0.6) is 0 Å². The molecule has 9 heteroatoms. The van der Waals surface area contributed by atoms with E-state index in [4.69, 9.17) is 0 Å². The fourth-order valence-electron chi connectivity index (χ4n) is 4.62. The highest BCUT2D eigenvalue weighted by Gasteiger charge is 2.35. The first kappa shape index (κ1) is 30.5. The maximum absolute atomic E-state index is 15.1. The van der Waals surface area contributed by atoms with E-state index in [0.29, 0.717) is 0 Å². The largest absolute Gasteiger partial charge is 0.357 e. The van der Waals surface area contributed by atoms with Crippen molar-refractivity contribution in [1.82, 2.24) is 10.2 Å². The molecule has 1 N–H and O–H groups in total. The fraction of sp³-hybridized carbons (Fsp3) is 0.212. The number of amides is 2. The molecule has 0 aliphatic rings. The molecule has 0 unspecified atom stereocenters. The molecule has 0 spiro atoms. The smallest absolute Gasteiger partial charge is 0.264 e. The Morgan fingerprint density at radius 3 is 1.95 bits per heavy atom. The van der Waals surface area contributed by atoms with Crippen molar-refractivity contribution in [3.05, 3.63) is 131 Å². The summed E-state index contributed by atoms with van der Waals surface area (Å²) in [5.41, 5.74) is 3.20. The number of nitrogens with one attached hydrogen (secondary N) is 1. The van der Waals surface area contributed by atoms with Gasteiger partial charge in [0, 0.05) is 20.0 Å². The lowest BCUT2D eigenvalue weighted by Crippen LogP contribution is -2.53. The number of benzene rings is 4. The highest BCUT2D eigenvalue weighted by Crippen LogP contribution is 2.27. The molecule has 0 saturated heterocycles. The quantitative estimate of drug-likeness (QED) is 0.267. The standard InChI is InChI=1S/C33H34FN3O4S/c1-24-13-17-27(18-14-24)22-36(31(33(39)35-3)21-26-9-5-4-6-10-26)32(38)23-37(30-12-8-7-11-29(30)34)42(40,41)28-19-15-25(2)16-20-28/h4-20,31H,21-23H2,1-3H3,(H,35,39)/t31-/m0/s1. The van der Waals surface area contributed by atoms with E-state index in [-0.39, 0.29) is 23.5 Å². The minimum Gasteiger partial charge on any atom is -0.357 e. The van der Waals surface area contributed by atoms with Gasteiger partial charge in [-0.1, -0.05) is 90.0 Å². The lowest BCUT2D eigenvalue weighted by atomic mass is 10.0. The monoisotopic (exact) mass is 587 g/mol. The zero-order chi connectivity index (χ0) is 30.3. The van der Waals surface area contributed by atoms with E-state index in [1.165, 1.54) is 42.3 Å². The third-order valence-corrected chi connectivity index (χ3v) is 8.77. The van der Waals surface area contributed by atoms with E-state index in [9.17, 15) is 18.0 Å². The van der Waals surface area contributed by atoms with Crippen molar-refractivity contribution < 1.29 is 22.4 Å². The van der Waals surface area contributed by atoms with Gasteiger partial charge in [-0.05, 0) is 49.2 Å². The topological polar surface area (TPSA) is 86.8 Å². The molecule has 0 bridgehead atoms. The summed E-state index contributed by atoms with van der Waals surface area (Å²) in [4.78, 5) is 28.8. The SMILES string of the molecule is CNC(=O)[C@H](Cc1ccccc1)N(Cc1ccc(C)cc1)C(=O)CN(c1ccccc1F)S(=O)(=O)c1ccc(C)cc1. The number of nitrogens with zero attached hydrogens (tertiary/aromatic N) is 2. The summed E-state index contributed by atoms with van der Waals surface area (Å²) >= 11 is 0. The first-order valence-electron chi connectivity index (χ1n) is 13.5. The number of hydrogen-bond donors (Lipinski definition) is 1. The molecule has 0 saturated carbocycles. The predicted molar refractivity (Wildman–Crippen MR) is 162 cm³/mol. The molecule has 42 heavy (non-hydrogen) atoms. The van der Waals surface area contributed by atoms with Crippen LogP contribution in [-0.4, -0.2) is 44.8 Å². The number of rotatable bonds is 11. The summed E-state index contributed by atoms with van der Waals surface area (Å²) in [5, 5.41) is 2.65. The molecule has 4 rings (SSSR count). The Hall–Kier alpha value is -4.50. The molecule has 4 aromatic carbocycles. The Kier molecular flexibility index (Phi) is 9.75. The Morgan fingerprint density at radius 1 is 0.786 bits per heavy atom. The number of anilines is 1. The van der Waals surface area contributed by atoms with Crippen LogP contribution < -0.4 is 9.62 Å². The lowest BCUT2D eigenvalue weighted by Gasteiger charge is -2.33. The first-order chi connectivity index (χ1) is 20.1. The van der Waals surface area contributed by atoms with Gasteiger partial charge in [0.05, 0.1) is 10.6 Å². The van der Waals surface area contributed by atoms with Crippen molar-refractivity contribution >= 4 is 27.5 Å². The highest BCUT2D eigenvalue weighted by molar-refractivity contribution is 7.92. The highest BCUT2D eigenvalue weighted by atomic mass is 32.2. The van der Waals surface area contributed by atoms with Crippen LogP contribution in [0.2, 0.25) is 0 Å². The van der Waals surface area contributed by atoms with Crippen molar-refractivity contribution in [2.45, 2.75) is 37.8 Å². The zero-order valence-corrected chi connectivity index (χ0v) is 24.6. The first-order valence-corrected chi connectivity index (χ1v) is 15.0. The van der Waals surface area contributed by atoms with E-state index >= 15 is 4.39 Å². The van der Waals surface area contributed by atoms with Gasteiger partial charge in [-0.2, -0.15) is 0 Å². The van der Waals surface area contributed by atoms with E-state index in [2.05, 4.69) is 5.32 Å². The van der Waals surface area contributed by atoms with Gasteiger partial charge in [0.1, 0.15) is 18.4 Å². The van der Waals surface area contributed by atoms with Gasteiger partial charge < -0.3 is 10.2 Å². The van der Waals surface area contributed by atoms with Crippen molar-refractivity contribution in [2.24, 2.45) is 0 Å². The Labute approximate surface area is 246 Å². The average Bonchev–Trinajstić information content (AvgIpc) is 2.99. The van der Waals surface area contributed by atoms with Crippen LogP contribution in [0.25, 0.3) is 0 Å². The van der Waals surface area contributed by atoms with Gasteiger partial charge in [0.25, 0.3) is 10.0 Å². The normalized spacial score (nSPS) is 11.9. The number of aryl methyl sites for hydroxylation is 2. The van der Waals surface area contributed by atoms with Gasteiger partial charge in [-0.3, -0.25) is 13.9 Å². The minimum absolute atomic E-state index is 0.0414. The Bertz CT molecular complexity index is 1630. The molecular formula is C33H34FN3O4S. The van der Waals surface area contributed by atoms with Gasteiger partial charge in [0.2, 0.25) is 11.8 Å².